The molecule has 122 valence electrons. The molecule has 0 radical (unpaired) electrons. The Balaban J connectivity index is 2.05. The number of aliphatic hydroxyl groups is 1. The highest BCUT2D eigenvalue weighted by atomic mass is 35.5. The van der Waals surface area contributed by atoms with Gasteiger partial charge in [0.25, 0.3) is 0 Å². The Kier molecular flexibility index (Phi) is 4.75. The third-order valence-electron chi connectivity index (χ3n) is 3.44. The van der Waals surface area contributed by atoms with Crippen LogP contribution in [0.5, 0.6) is 0 Å². The number of hydrogen-bond acceptors (Lipinski definition) is 4. The van der Waals surface area contributed by atoms with Gasteiger partial charge >= 0.3 is 6.03 Å². The van der Waals surface area contributed by atoms with Crippen molar-refractivity contribution < 1.29 is 14.7 Å². The topological polar surface area (TPSA) is 102 Å². The second-order valence-corrected chi connectivity index (χ2v) is 6.66. The van der Waals surface area contributed by atoms with E-state index in [1.54, 1.807) is 24.3 Å². The molecule has 0 saturated heterocycles. The molecule has 1 aliphatic rings. The Morgan fingerprint density at radius 1 is 1.26 bits per heavy atom. The molecule has 4 N–H and O–H groups in total. The fourth-order valence-electron chi connectivity index (χ4n) is 2.44. The number of benzene rings is 1. The highest BCUT2D eigenvalue weighted by molar-refractivity contribution is 6.30. The lowest BCUT2D eigenvalue weighted by Crippen LogP contribution is -2.39. The van der Waals surface area contributed by atoms with Gasteiger partial charge in [0.05, 0.1) is 5.57 Å². The first-order valence-electron chi connectivity index (χ1n) is 7.06. The molecule has 1 aromatic rings. The lowest BCUT2D eigenvalue weighted by molar-refractivity contribution is -0.117. The minimum atomic E-state index is -0.671. The number of Topliss-reactive ketones (excluding diaryl/α,β-unsaturated/α-hetero) is 1. The highest BCUT2D eigenvalue weighted by Gasteiger charge is 2.35. The monoisotopic (exact) mass is 335 g/mol. The number of carbonyl (C=O) groups is 2. The Bertz CT molecular complexity index is 693. The third-order valence-corrected chi connectivity index (χ3v) is 3.70. The predicted octanol–water partition coefficient (Wildman–Crippen LogP) is 3.64. The zero-order chi connectivity index (χ0) is 17.2. The second-order valence-electron chi connectivity index (χ2n) is 6.22. The number of allylic oxidation sites excluding steroid dienone is 1. The molecule has 23 heavy (non-hydrogen) atoms. The van der Waals surface area contributed by atoms with E-state index in [0.29, 0.717) is 10.7 Å². The molecule has 0 heterocycles. The van der Waals surface area contributed by atoms with Crippen LogP contribution in [0.4, 0.5) is 10.5 Å². The molecule has 0 spiro atoms. The number of rotatable bonds is 2. The smallest absolute Gasteiger partial charge is 0.324 e. The van der Waals surface area contributed by atoms with E-state index in [4.69, 9.17) is 17.0 Å². The number of carbonyl (C=O) groups excluding carboxylic acids is 2. The minimum absolute atomic E-state index is 0.129. The van der Waals surface area contributed by atoms with Crippen LogP contribution in [0.2, 0.25) is 5.02 Å². The van der Waals surface area contributed by atoms with Crippen molar-refractivity contribution in [1.82, 2.24) is 5.32 Å². The van der Waals surface area contributed by atoms with E-state index >= 15 is 0 Å². The van der Waals surface area contributed by atoms with Crippen LogP contribution in [0.25, 0.3) is 0 Å². The van der Waals surface area contributed by atoms with Gasteiger partial charge < -0.3 is 10.4 Å². The number of anilines is 1. The summed E-state index contributed by atoms with van der Waals surface area (Å²) in [7, 11) is 0. The van der Waals surface area contributed by atoms with Crippen molar-refractivity contribution >= 4 is 34.9 Å². The zero-order valence-electron chi connectivity index (χ0n) is 12.9. The van der Waals surface area contributed by atoms with Gasteiger partial charge in [0.15, 0.2) is 5.78 Å². The molecule has 0 unspecified atom stereocenters. The van der Waals surface area contributed by atoms with Crippen molar-refractivity contribution in [3.63, 3.8) is 0 Å². The summed E-state index contributed by atoms with van der Waals surface area (Å²) in [5, 5.41) is 23.2. The van der Waals surface area contributed by atoms with Crippen LogP contribution in [0, 0.1) is 10.8 Å². The molecule has 0 saturated carbocycles. The molecule has 6 nitrogen and oxygen atoms in total. The fraction of sp³-hybridized carbons (Fsp3) is 0.312. The first-order chi connectivity index (χ1) is 10.7. The number of hydrogen-bond donors (Lipinski definition) is 4. The van der Waals surface area contributed by atoms with Gasteiger partial charge in [-0.1, -0.05) is 25.4 Å². The van der Waals surface area contributed by atoms with Gasteiger partial charge in [-0.25, -0.2) is 4.79 Å². The van der Waals surface area contributed by atoms with Crippen molar-refractivity contribution in [2.45, 2.75) is 26.7 Å². The summed E-state index contributed by atoms with van der Waals surface area (Å²) in [5.74, 6) is -0.923. The molecule has 0 aromatic heterocycles. The lowest BCUT2D eigenvalue weighted by Gasteiger charge is -2.29. The van der Waals surface area contributed by atoms with Gasteiger partial charge in [0.1, 0.15) is 11.6 Å². The predicted molar refractivity (Wildman–Crippen MR) is 89.0 cm³/mol. The Labute approximate surface area is 139 Å². The van der Waals surface area contributed by atoms with E-state index < -0.39 is 11.9 Å². The van der Waals surface area contributed by atoms with Crippen LogP contribution >= 0.6 is 11.6 Å². The average Bonchev–Trinajstić information content (AvgIpc) is 2.38. The summed E-state index contributed by atoms with van der Waals surface area (Å²) in [4.78, 5) is 24.0. The SMILES string of the molecule is CC1(C)CC(=O)C(C(=N)NC(=O)Nc2ccc(Cl)cc2)=C(O)C1. The summed E-state index contributed by atoms with van der Waals surface area (Å²) < 4.78 is 0. The third kappa shape index (κ3) is 4.32. The summed E-state index contributed by atoms with van der Waals surface area (Å²) in [6.07, 6.45) is 0.506. The van der Waals surface area contributed by atoms with E-state index in [-0.39, 0.29) is 35.4 Å². The average molecular weight is 336 g/mol. The largest absolute Gasteiger partial charge is 0.511 e. The Morgan fingerprint density at radius 3 is 2.43 bits per heavy atom. The molecule has 0 aliphatic heterocycles. The molecular weight excluding hydrogens is 318 g/mol. The first-order valence-corrected chi connectivity index (χ1v) is 7.43. The van der Waals surface area contributed by atoms with Crippen LogP contribution in [0.3, 0.4) is 0 Å². The molecule has 1 aromatic carbocycles. The maximum atomic E-state index is 12.1. The number of halogens is 1. The number of nitrogens with one attached hydrogen (secondary N) is 3. The molecule has 1 aliphatic carbocycles. The lowest BCUT2D eigenvalue weighted by atomic mass is 9.76. The van der Waals surface area contributed by atoms with E-state index in [1.807, 2.05) is 13.8 Å². The van der Waals surface area contributed by atoms with Crippen molar-refractivity contribution in [3.05, 3.63) is 40.6 Å². The number of urea groups is 1. The van der Waals surface area contributed by atoms with Gasteiger partial charge in [-0.2, -0.15) is 0 Å². The normalized spacial score (nSPS) is 16.9. The molecule has 7 heteroatoms. The minimum Gasteiger partial charge on any atom is -0.511 e. The maximum Gasteiger partial charge on any atom is 0.324 e. The van der Waals surface area contributed by atoms with Crippen LogP contribution in [0.15, 0.2) is 35.6 Å². The zero-order valence-corrected chi connectivity index (χ0v) is 13.6. The van der Waals surface area contributed by atoms with Crippen molar-refractivity contribution in [2.75, 3.05) is 5.32 Å². The van der Waals surface area contributed by atoms with Gasteiger partial charge in [0.2, 0.25) is 0 Å². The van der Waals surface area contributed by atoms with Gasteiger partial charge in [-0.15, -0.1) is 0 Å². The number of ketones is 1. The first kappa shape index (κ1) is 17.0. The molecule has 0 fully saturated rings. The van der Waals surface area contributed by atoms with E-state index in [1.165, 1.54) is 0 Å². The molecule has 0 atom stereocenters. The molecule has 2 rings (SSSR count). The molecule has 2 amide bonds. The number of aliphatic hydroxyl groups excluding tert-OH is 1. The summed E-state index contributed by atoms with van der Waals surface area (Å²) >= 11 is 5.76. The van der Waals surface area contributed by atoms with Gasteiger partial charge in [-0.05, 0) is 29.7 Å². The van der Waals surface area contributed by atoms with Crippen molar-refractivity contribution in [1.29, 1.82) is 5.41 Å². The standard InChI is InChI=1S/C16H18ClN3O3/c1-16(2)7-11(21)13(12(22)8-16)14(18)20-15(23)19-10-5-3-9(17)4-6-10/h3-6,21H,7-8H2,1-2H3,(H3,18,19,20,23). The van der Waals surface area contributed by atoms with Gasteiger partial charge in [-0.3, -0.25) is 15.5 Å². The fourth-order valence-corrected chi connectivity index (χ4v) is 2.57. The number of amidine groups is 1. The van der Waals surface area contributed by atoms with Gasteiger partial charge in [0, 0.05) is 23.6 Å². The van der Waals surface area contributed by atoms with E-state index in [2.05, 4.69) is 10.6 Å². The molecule has 0 bridgehead atoms. The van der Waals surface area contributed by atoms with Crippen LogP contribution in [-0.4, -0.2) is 22.8 Å². The summed E-state index contributed by atoms with van der Waals surface area (Å²) in [6.45, 7) is 3.73. The number of amides is 2. The quantitative estimate of drug-likeness (QED) is 0.490. The van der Waals surface area contributed by atoms with Crippen molar-refractivity contribution in [2.24, 2.45) is 5.41 Å². The molecular formula is C16H18ClN3O3. The second kappa shape index (κ2) is 6.42. The highest BCUT2D eigenvalue weighted by Crippen LogP contribution is 2.35. The van der Waals surface area contributed by atoms with Crippen LogP contribution < -0.4 is 10.6 Å². The van der Waals surface area contributed by atoms with E-state index in [9.17, 15) is 14.7 Å². The Hall–Kier alpha value is -2.34. The summed E-state index contributed by atoms with van der Waals surface area (Å²) in [5.41, 5.74) is 0.0147. The van der Waals surface area contributed by atoms with Crippen LogP contribution in [-0.2, 0) is 4.79 Å². The van der Waals surface area contributed by atoms with Crippen molar-refractivity contribution in [3.8, 4) is 0 Å². The Morgan fingerprint density at radius 2 is 1.87 bits per heavy atom. The maximum absolute atomic E-state index is 12.1. The van der Waals surface area contributed by atoms with E-state index in [0.717, 1.165) is 0 Å². The summed E-state index contributed by atoms with van der Waals surface area (Å²) in [6, 6.07) is 5.77. The van der Waals surface area contributed by atoms with Crippen LogP contribution in [0.1, 0.15) is 26.7 Å².